The number of nitrogens with one attached hydrogen (secondary N) is 3. The summed E-state index contributed by atoms with van der Waals surface area (Å²) in [6.45, 7) is 1.62. The molecule has 8 heavy (non-hydrogen) atoms. The van der Waals surface area contributed by atoms with Gasteiger partial charge >= 0.3 is 0 Å². The quantitative estimate of drug-likeness (QED) is 0.396. The fourth-order valence-corrected chi connectivity index (χ4v) is 0.631. The van der Waals surface area contributed by atoms with Crippen molar-refractivity contribution in [3.8, 4) is 0 Å². The molecule has 1 aliphatic rings. The van der Waals surface area contributed by atoms with Crippen molar-refractivity contribution in [3.63, 3.8) is 0 Å². The first-order valence-electron chi connectivity index (χ1n) is 2.64. The number of methoxy groups -OCH3 is 1. The molecule has 0 spiro atoms. The second-order valence-corrected chi connectivity index (χ2v) is 1.63. The molecule has 0 bridgehead atoms. The van der Waals surface area contributed by atoms with E-state index in [1.54, 1.807) is 7.11 Å². The Morgan fingerprint density at radius 2 is 2.00 bits per heavy atom. The third kappa shape index (κ3) is 1.41. The molecule has 0 saturated carbocycles. The molecule has 0 unspecified atom stereocenters. The molecule has 0 aliphatic carbocycles. The van der Waals surface area contributed by atoms with Gasteiger partial charge in [0.15, 0.2) is 6.35 Å². The molecular weight excluding hydrogens is 106 g/mol. The Balaban J connectivity index is 2.13. The van der Waals surface area contributed by atoms with Crippen LogP contribution in [0.2, 0.25) is 0 Å². The summed E-state index contributed by atoms with van der Waals surface area (Å²) in [5.41, 5.74) is 0. The summed E-state index contributed by atoms with van der Waals surface area (Å²) in [4.78, 5) is 0. The molecule has 0 aromatic carbocycles. The van der Waals surface area contributed by atoms with Crippen LogP contribution in [-0.2, 0) is 4.74 Å². The van der Waals surface area contributed by atoms with E-state index in [9.17, 15) is 0 Å². The molecule has 1 rings (SSSR count). The lowest BCUT2D eigenvalue weighted by atomic mass is 10.7. The highest BCUT2D eigenvalue weighted by molar-refractivity contribution is 4.56. The maximum Gasteiger partial charge on any atom is 0.165 e. The molecule has 4 heteroatoms. The van der Waals surface area contributed by atoms with Crippen LogP contribution in [0, 0.1) is 0 Å². The molecule has 1 aliphatic heterocycles. The van der Waals surface area contributed by atoms with E-state index in [0.29, 0.717) is 0 Å². The summed E-state index contributed by atoms with van der Waals surface area (Å²) in [6.07, 6.45) is 0.0243. The average Bonchev–Trinajstić information content (AvgIpc) is 1.90. The summed E-state index contributed by atoms with van der Waals surface area (Å²) in [5, 5.41) is 9.10. The topological polar surface area (TPSA) is 45.3 Å². The third-order valence-electron chi connectivity index (χ3n) is 1.06. The summed E-state index contributed by atoms with van der Waals surface area (Å²) < 4.78 is 4.93. The van der Waals surface area contributed by atoms with Gasteiger partial charge in [-0.2, -0.15) is 0 Å². The van der Waals surface area contributed by atoms with Crippen LogP contribution in [0.1, 0.15) is 0 Å². The first-order valence-corrected chi connectivity index (χ1v) is 2.64. The van der Waals surface area contributed by atoms with E-state index in [2.05, 4.69) is 16.0 Å². The highest BCUT2D eigenvalue weighted by Crippen LogP contribution is 1.78. The minimum Gasteiger partial charge on any atom is -0.353 e. The summed E-state index contributed by atoms with van der Waals surface area (Å²) in [5.74, 6) is 0. The first kappa shape index (κ1) is 5.97. The largest absolute Gasteiger partial charge is 0.353 e. The predicted octanol–water partition coefficient (Wildman–Crippen LogP) is -1.39. The second-order valence-electron chi connectivity index (χ2n) is 1.63. The van der Waals surface area contributed by atoms with Crippen LogP contribution in [0.25, 0.3) is 0 Å². The number of rotatable bonds is 1. The van der Waals surface area contributed by atoms with E-state index in [-0.39, 0.29) is 6.35 Å². The maximum atomic E-state index is 4.93. The van der Waals surface area contributed by atoms with Gasteiger partial charge in [-0.05, 0) is 0 Å². The van der Waals surface area contributed by atoms with Gasteiger partial charge in [-0.25, -0.2) is 0 Å². The highest BCUT2D eigenvalue weighted by atomic mass is 16.5. The van der Waals surface area contributed by atoms with Gasteiger partial charge < -0.3 is 4.74 Å². The Labute approximate surface area is 48.6 Å². The minimum absolute atomic E-state index is 0.0243. The zero-order valence-electron chi connectivity index (χ0n) is 4.90. The van der Waals surface area contributed by atoms with Gasteiger partial charge in [0.2, 0.25) is 0 Å². The molecule has 0 aromatic heterocycles. The van der Waals surface area contributed by atoms with E-state index < -0.39 is 0 Å². The summed E-state index contributed by atoms with van der Waals surface area (Å²) in [7, 11) is 1.66. The van der Waals surface area contributed by atoms with Gasteiger partial charge in [-0.3, -0.25) is 16.0 Å². The SMILES string of the molecule is COC1NCNCN1. The Morgan fingerprint density at radius 1 is 1.38 bits per heavy atom. The van der Waals surface area contributed by atoms with Crippen molar-refractivity contribution >= 4 is 0 Å². The van der Waals surface area contributed by atoms with Crippen molar-refractivity contribution in [2.45, 2.75) is 6.35 Å². The summed E-state index contributed by atoms with van der Waals surface area (Å²) in [6, 6.07) is 0. The highest BCUT2D eigenvalue weighted by Gasteiger charge is 2.06. The zero-order valence-corrected chi connectivity index (χ0v) is 4.90. The van der Waals surface area contributed by atoms with Crippen LogP contribution in [0.4, 0.5) is 0 Å². The predicted molar refractivity (Wildman–Crippen MR) is 29.9 cm³/mol. The lowest BCUT2D eigenvalue weighted by Gasteiger charge is -2.23. The van der Waals surface area contributed by atoms with Gasteiger partial charge in [-0.1, -0.05) is 0 Å². The Kier molecular flexibility index (Phi) is 2.23. The smallest absolute Gasteiger partial charge is 0.165 e. The molecule has 0 aromatic rings. The average molecular weight is 117 g/mol. The standard InChI is InChI=1S/C4H11N3O/c1-8-4-6-2-5-3-7-4/h4-7H,2-3H2,1H3. The Bertz CT molecular complexity index is 62.3. The van der Waals surface area contributed by atoms with Crippen LogP contribution in [0.15, 0.2) is 0 Å². The van der Waals surface area contributed by atoms with Gasteiger partial charge in [0.05, 0.1) is 0 Å². The first-order chi connectivity index (χ1) is 3.93. The molecule has 1 fully saturated rings. The fraction of sp³-hybridized carbons (Fsp3) is 1.00. The lowest BCUT2D eigenvalue weighted by Crippen LogP contribution is -2.56. The van der Waals surface area contributed by atoms with Crippen LogP contribution in [-0.4, -0.2) is 26.8 Å². The molecule has 0 atom stereocenters. The van der Waals surface area contributed by atoms with Crippen LogP contribution in [0.5, 0.6) is 0 Å². The van der Waals surface area contributed by atoms with E-state index in [0.717, 1.165) is 13.3 Å². The Morgan fingerprint density at radius 3 is 2.38 bits per heavy atom. The van der Waals surface area contributed by atoms with Crippen LogP contribution < -0.4 is 16.0 Å². The second kappa shape index (κ2) is 2.99. The third-order valence-corrected chi connectivity index (χ3v) is 1.06. The van der Waals surface area contributed by atoms with Crippen LogP contribution in [0.3, 0.4) is 0 Å². The monoisotopic (exact) mass is 117 g/mol. The van der Waals surface area contributed by atoms with Gasteiger partial charge in [0.1, 0.15) is 0 Å². The van der Waals surface area contributed by atoms with Crippen molar-refractivity contribution in [1.82, 2.24) is 16.0 Å². The maximum absolute atomic E-state index is 4.93. The molecule has 3 N–H and O–H groups in total. The van der Waals surface area contributed by atoms with Gasteiger partial charge in [0, 0.05) is 20.4 Å². The van der Waals surface area contributed by atoms with Crippen LogP contribution >= 0.6 is 0 Å². The molecular formula is C4H11N3O. The normalized spacial score (nSPS) is 23.6. The molecule has 0 amide bonds. The summed E-state index contributed by atoms with van der Waals surface area (Å²) >= 11 is 0. The molecule has 48 valence electrons. The van der Waals surface area contributed by atoms with E-state index >= 15 is 0 Å². The van der Waals surface area contributed by atoms with E-state index in [1.807, 2.05) is 0 Å². The van der Waals surface area contributed by atoms with Crippen molar-refractivity contribution in [2.24, 2.45) is 0 Å². The van der Waals surface area contributed by atoms with Gasteiger partial charge in [0.25, 0.3) is 0 Å². The number of hydrogen-bond donors (Lipinski definition) is 3. The van der Waals surface area contributed by atoms with Crippen molar-refractivity contribution in [2.75, 3.05) is 20.4 Å². The van der Waals surface area contributed by atoms with E-state index in [4.69, 9.17) is 4.74 Å². The molecule has 1 heterocycles. The van der Waals surface area contributed by atoms with Crippen molar-refractivity contribution in [1.29, 1.82) is 0 Å². The minimum atomic E-state index is 0.0243. The fourth-order valence-electron chi connectivity index (χ4n) is 0.631. The van der Waals surface area contributed by atoms with E-state index in [1.165, 1.54) is 0 Å². The van der Waals surface area contributed by atoms with Gasteiger partial charge in [-0.15, -0.1) is 0 Å². The Hall–Kier alpha value is -0.160. The number of hydrogen-bond acceptors (Lipinski definition) is 4. The zero-order chi connectivity index (χ0) is 5.82. The molecule has 0 radical (unpaired) electrons. The molecule has 1 saturated heterocycles. The van der Waals surface area contributed by atoms with Crippen molar-refractivity contribution in [3.05, 3.63) is 0 Å². The molecule has 4 nitrogen and oxygen atoms in total. The van der Waals surface area contributed by atoms with Crippen molar-refractivity contribution < 1.29 is 4.74 Å². The number of ether oxygens (including phenoxy) is 1. The lowest BCUT2D eigenvalue weighted by molar-refractivity contribution is 0.0276.